The second-order valence-electron chi connectivity index (χ2n) is 6.77. The summed E-state index contributed by atoms with van der Waals surface area (Å²) in [7, 11) is 4.95. The van der Waals surface area contributed by atoms with Gasteiger partial charge in [-0.15, -0.1) is 0 Å². The summed E-state index contributed by atoms with van der Waals surface area (Å²) < 4.78 is 22.3. The Morgan fingerprint density at radius 1 is 0.750 bits per heavy atom. The van der Waals surface area contributed by atoms with E-state index in [1.165, 1.54) is 0 Å². The number of hydrogen-bond acceptors (Lipinski definition) is 6. The van der Waals surface area contributed by atoms with Crippen molar-refractivity contribution in [3.63, 3.8) is 0 Å². The van der Waals surface area contributed by atoms with Crippen LogP contribution >= 0.6 is 0 Å². The Hall–Kier alpha value is -2.44. The van der Waals surface area contributed by atoms with Crippen LogP contribution in [-0.2, 0) is 6.54 Å². The lowest BCUT2D eigenvalue weighted by Crippen LogP contribution is -2.47. The average molecular weight is 386 g/mol. The lowest BCUT2D eigenvalue weighted by molar-refractivity contribution is 0.112. The van der Waals surface area contributed by atoms with Crippen molar-refractivity contribution >= 4 is 0 Å². The third kappa shape index (κ3) is 5.09. The van der Waals surface area contributed by atoms with Crippen molar-refractivity contribution in [2.24, 2.45) is 0 Å². The molecule has 152 valence electrons. The number of rotatable bonds is 9. The molecular formula is C22H30N2O4. The summed E-state index contributed by atoms with van der Waals surface area (Å²) in [4.78, 5) is 4.89. The van der Waals surface area contributed by atoms with E-state index in [-0.39, 0.29) is 0 Å². The quantitative estimate of drug-likeness (QED) is 0.660. The molecule has 0 saturated carbocycles. The molecule has 0 unspecified atom stereocenters. The Bertz CT molecular complexity index is 731. The highest BCUT2D eigenvalue weighted by molar-refractivity contribution is 5.55. The molecule has 3 rings (SSSR count). The minimum absolute atomic E-state index is 0.652. The molecule has 0 amide bonds. The van der Waals surface area contributed by atoms with Crippen LogP contribution in [0.3, 0.4) is 0 Å². The van der Waals surface area contributed by atoms with Gasteiger partial charge in [-0.1, -0.05) is 24.3 Å². The van der Waals surface area contributed by atoms with Crippen molar-refractivity contribution in [3.8, 4) is 23.0 Å². The van der Waals surface area contributed by atoms with Gasteiger partial charge in [0.15, 0.2) is 11.5 Å². The van der Waals surface area contributed by atoms with E-state index in [9.17, 15) is 0 Å². The molecule has 0 N–H and O–H groups in total. The van der Waals surface area contributed by atoms with Crippen LogP contribution in [0, 0.1) is 0 Å². The number of hydrogen-bond donors (Lipinski definition) is 0. The summed E-state index contributed by atoms with van der Waals surface area (Å²) >= 11 is 0. The van der Waals surface area contributed by atoms with Crippen LogP contribution in [0.2, 0.25) is 0 Å². The molecule has 0 aliphatic carbocycles. The number of methoxy groups -OCH3 is 3. The Morgan fingerprint density at radius 2 is 1.43 bits per heavy atom. The maximum absolute atomic E-state index is 5.81. The second-order valence-corrected chi connectivity index (χ2v) is 6.77. The Morgan fingerprint density at radius 3 is 2.07 bits per heavy atom. The summed E-state index contributed by atoms with van der Waals surface area (Å²) in [5.41, 5.74) is 1.11. The van der Waals surface area contributed by atoms with Gasteiger partial charge in [0.05, 0.1) is 21.3 Å². The van der Waals surface area contributed by atoms with E-state index in [0.29, 0.717) is 18.1 Å². The lowest BCUT2D eigenvalue weighted by Gasteiger charge is -2.34. The first kappa shape index (κ1) is 20.3. The fourth-order valence-electron chi connectivity index (χ4n) is 3.51. The molecule has 1 saturated heterocycles. The predicted molar refractivity (Wildman–Crippen MR) is 110 cm³/mol. The van der Waals surface area contributed by atoms with Gasteiger partial charge in [0.25, 0.3) is 0 Å². The zero-order valence-electron chi connectivity index (χ0n) is 17.0. The van der Waals surface area contributed by atoms with Crippen LogP contribution in [0.4, 0.5) is 0 Å². The van der Waals surface area contributed by atoms with Gasteiger partial charge in [0.2, 0.25) is 5.75 Å². The summed E-state index contributed by atoms with van der Waals surface area (Å²) in [6.45, 7) is 6.60. The van der Waals surface area contributed by atoms with Crippen molar-refractivity contribution in [2.45, 2.75) is 6.54 Å². The van der Waals surface area contributed by atoms with E-state index in [1.54, 1.807) is 21.3 Å². The molecule has 1 aliphatic rings. The van der Waals surface area contributed by atoms with Crippen LogP contribution in [0.25, 0.3) is 0 Å². The molecule has 6 heteroatoms. The first-order valence-electron chi connectivity index (χ1n) is 9.65. The van der Waals surface area contributed by atoms with Gasteiger partial charge in [-0.2, -0.15) is 0 Å². The van der Waals surface area contributed by atoms with Crippen molar-refractivity contribution in [1.82, 2.24) is 9.80 Å². The predicted octanol–water partition coefficient (Wildman–Crippen LogP) is 2.91. The standard InChI is InChI=1S/C22H30N2O4/c1-25-20-10-9-18(21(26-2)22(20)27-3)17-24-13-11-23(12-14-24)15-16-28-19-7-5-4-6-8-19/h4-10H,11-17H2,1-3H3. The summed E-state index contributed by atoms with van der Waals surface area (Å²) in [5, 5.41) is 0. The fraction of sp³-hybridized carbons (Fsp3) is 0.455. The third-order valence-corrected chi connectivity index (χ3v) is 5.06. The van der Waals surface area contributed by atoms with Crippen molar-refractivity contribution in [1.29, 1.82) is 0 Å². The molecule has 1 aliphatic heterocycles. The number of piperazine rings is 1. The minimum atomic E-state index is 0.652. The van der Waals surface area contributed by atoms with Gasteiger partial charge in [-0.05, 0) is 18.2 Å². The van der Waals surface area contributed by atoms with Crippen molar-refractivity contribution in [2.75, 3.05) is 60.7 Å². The van der Waals surface area contributed by atoms with Crippen LogP contribution in [0.15, 0.2) is 42.5 Å². The molecular weight excluding hydrogens is 356 g/mol. The van der Waals surface area contributed by atoms with Gasteiger partial charge in [-0.3, -0.25) is 9.80 Å². The second kappa shape index (κ2) is 10.2. The van der Waals surface area contributed by atoms with E-state index >= 15 is 0 Å². The van der Waals surface area contributed by atoms with E-state index in [0.717, 1.165) is 56.3 Å². The van der Waals surface area contributed by atoms with Gasteiger partial charge in [-0.25, -0.2) is 0 Å². The van der Waals surface area contributed by atoms with Crippen molar-refractivity contribution in [3.05, 3.63) is 48.0 Å². The number of para-hydroxylation sites is 1. The fourth-order valence-corrected chi connectivity index (χ4v) is 3.51. The van der Waals surface area contributed by atoms with Crippen LogP contribution < -0.4 is 18.9 Å². The average Bonchev–Trinajstić information content (AvgIpc) is 2.75. The number of ether oxygens (including phenoxy) is 4. The van der Waals surface area contributed by atoms with Gasteiger partial charge >= 0.3 is 0 Å². The summed E-state index contributed by atoms with van der Waals surface area (Å²) in [5.74, 6) is 3.02. The maximum Gasteiger partial charge on any atom is 0.203 e. The lowest BCUT2D eigenvalue weighted by atomic mass is 10.1. The molecule has 0 aromatic heterocycles. The van der Waals surface area contributed by atoms with E-state index < -0.39 is 0 Å². The number of nitrogens with zero attached hydrogens (tertiary/aromatic N) is 2. The normalized spacial score (nSPS) is 15.2. The third-order valence-electron chi connectivity index (χ3n) is 5.06. The summed E-state index contributed by atoms with van der Waals surface area (Å²) in [6.07, 6.45) is 0. The number of benzene rings is 2. The highest BCUT2D eigenvalue weighted by atomic mass is 16.5. The highest BCUT2D eigenvalue weighted by Gasteiger charge is 2.21. The maximum atomic E-state index is 5.81. The van der Waals surface area contributed by atoms with Crippen LogP contribution in [0.1, 0.15) is 5.56 Å². The molecule has 2 aromatic rings. The molecule has 0 radical (unpaired) electrons. The van der Waals surface area contributed by atoms with Gasteiger partial charge in [0, 0.05) is 44.8 Å². The molecule has 6 nitrogen and oxygen atoms in total. The van der Waals surface area contributed by atoms with Gasteiger partial charge in [0.1, 0.15) is 12.4 Å². The Balaban J connectivity index is 1.49. The largest absolute Gasteiger partial charge is 0.493 e. The zero-order valence-corrected chi connectivity index (χ0v) is 17.0. The highest BCUT2D eigenvalue weighted by Crippen LogP contribution is 2.40. The molecule has 0 atom stereocenters. The SMILES string of the molecule is COc1ccc(CN2CCN(CCOc3ccccc3)CC2)c(OC)c1OC. The van der Waals surface area contributed by atoms with Crippen LogP contribution in [-0.4, -0.2) is 70.5 Å². The Labute approximate surface area is 167 Å². The smallest absolute Gasteiger partial charge is 0.203 e. The molecule has 2 aromatic carbocycles. The Kier molecular flexibility index (Phi) is 7.39. The molecule has 0 bridgehead atoms. The van der Waals surface area contributed by atoms with E-state index in [2.05, 4.69) is 15.9 Å². The van der Waals surface area contributed by atoms with Crippen molar-refractivity contribution < 1.29 is 18.9 Å². The molecule has 1 heterocycles. The van der Waals surface area contributed by atoms with E-state index in [4.69, 9.17) is 18.9 Å². The first-order chi connectivity index (χ1) is 13.7. The first-order valence-corrected chi connectivity index (χ1v) is 9.65. The van der Waals surface area contributed by atoms with E-state index in [1.807, 2.05) is 36.4 Å². The summed E-state index contributed by atoms with van der Waals surface area (Å²) in [6, 6.07) is 14.0. The monoisotopic (exact) mass is 386 g/mol. The molecule has 0 spiro atoms. The zero-order chi connectivity index (χ0) is 19.8. The van der Waals surface area contributed by atoms with Gasteiger partial charge < -0.3 is 18.9 Å². The van der Waals surface area contributed by atoms with Crippen LogP contribution in [0.5, 0.6) is 23.0 Å². The topological polar surface area (TPSA) is 43.4 Å². The minimum Gasteiger partial charge on any atom is -0.493 e. The molecule has 28 heavy (non-hydrogen) atoms. The molecule has 1 fully saturated rings.